The lowest BCUT2D eigenvalue weighted by Crippen LogP contribution is -2.46. The SMILES string of the molecule is O=C(NC1CC(C(=O)O)C1)c1cccc2c1CCC2. The summed E-state index contributed by atoms with van der Waals surface area (Å²) >= 11 is 0. The van der Waals surface area contributed by atoms with Gasteiger partial charge in [0.1, 0.15) is 0 Å². The summed E-state index contributed by atoms with van der Waals surface area (Å²) < 4.78 is 0. The Morgan fingerprint density at radius 2 is 2.00 bits per heavy atom. The van der Waals surface area contributed by atoms with Gasteiger partial charge in [-0.2, -0.15) is 0 Å². The van der Waals surface area contributed by atoms with Crippen molar-refractivity contribution in [2.24, 2.45) is 5.92 Å². The molecule has 1 amide bonds. The topological polar surface area (TPSA) is 66.4 Å². The van der Waals surface area contributed by atoms with E-state index in [9.17, 15) is 9.59 Å². The minimum atomic E-state index is -0.758. The third-order valence-electron chi connectivity index (χ3n) is 4.21. The molecular weight excluding hydrogens is 242 g/mol. The molecule has 0 heterocycles. The van der Waals surface area contributed by atoms with E-state index in [1.165, 1.54) is 11.1 Å². The fourth-order valence-corrected chi connectivity index (χ4v) is 3.03. The lowest BCUT2D eigenvalue weighted by molar-refractivity contribution is -0.145. The van der Waals surface area contributed by atoms with Crippen LogP contribution >= 0.6 is 0 Å². The van der Waals surface area contributed by atoms with Gasteiger partial charge in [0.2, 0.25) is 0 Å². The maximum Gasteiger partial charge on any atom is 0.306 e. The summed E-state index contributed by atoms with van der Waals surface area (Å²) in [6, 6.07) is 5.90. The highest BCUT2D eigenvalue weighted by Crippen LogP contribution is 2.29. The van der Waals surface area contributed by atoms with E-state index in [1.807, 2.05) is 12.1 Å². The number of carbonyl (C=O) groups is 2. The van der Waals surface area contributed by atoms with Crippen molar-refractivity contribution in [2.75, 3.05) is 0 Å². The Balaban J connectivity index is 1.66. The monoisotopic (exact) mass is 259 g/mol. The zero-order chi connectivity index (χ0) is 13.4. The molecule has 0 spiro atoms. The summed E-state index contributed by atoms with van der Waals surface area (Å²) in [5, 5.41) is 11.8. The van der Waals surface area contributed by atoms with Crippen molar-refractivity contribution >= 4 is 11.9 Å². The fourth-order valence-electron chi connectivity index (χ4n) is 3.03. The summed E-state index contributed by atoms with van der Waals surface area (Å²) in [6.07, 6.45) is 4.25. The largest absolute Gasteiger partial charge is 0.481 e. The Morgan fingerprint density at radius 3 is 2.74 bits per heavy atom. The van der Waals surface area contributed by atoms with Crippen molar-refractivity contribution in [3.63, 3.8) is 0 Å². The van der Waals surface area contributed by atoms with Gasteiger partial charge in [-0.3, -0.25) is 9.59 Å². The van der Waals surface area contributed by atoms with E-state index in [4.69, 9.17) is 5.11 Å². The van der Waals surface area contributed by atoms with E-state index >= 15 is 0 Å². The number of carbonyl (C=O) groups excluding carboxylic acids is 1. The zero-order valence-electron chi connectivity index (χ0n) is 10.7. The molecule has 4 heteroatoms. The normalized spacial score (nSPS) is 24.4. The van der Waals surface area contributed by atoms with E-state index in [2.05, 4.69) is 11.4 Å². The number of benzene rings is 1. The molecule has 0 saturated heterocycles. The number of fused-ring (bicyclic) bond motifs is 1. The average Bonchev–Trinajstić information content (AvgIpc) is 2.80. The van der Waals surface area contributed by atoms with Crippen LogP contribution in [0.3, 0.4) is 0 Å². The van der Waals surface area contributed by atoms with Crippen LogP contribution in [-0.4, -0.2) is 23.0 Å². The van der Waals surface area contributed by atoms with E-state index in [0.29, 0.717) is 12.8 Å². The molecule has 0 radical (unpaired) electrons. The maximum atomic E-state index is 12.2. The Bertz CT molecular complexity index is 532. The number of hydrogen-bond donors (Lipinski definition) is 2. The Labute approximate surface area is 111 Å². The van der Waals surface area contributed by atoms with Gasteiger partial charge in [-0.15, -0.1) is 0 Å². The van der Waals surface area contributed by atoms with E-state index in [0.717, 1.165) is 24.8 Å². The van der Waals surface area contributed by atoms with Crippen molar-refractivity contribution in [3.05, 3.63) is 34.9 Å². The van der Waals surface area contributed by atoms with Crippen LogP contribution in [-0.2, 0) is 17.6 Å². The third kappa shape index (κ3) is 2.23. The second-order valence-corrected chi connectivity index (χ2v) is 5.47. The number of carboxylic acid groups (broad SMARTS) is 1. The van der Waals surface area contributed by atoms with Gasteiger partial charge in [0, 0.05) is 11.6 Å². The molecule has 2 aliphatic rings. The molecule has 0 aromatic heterocycles. The first kappa shape index (κ1) is 12.2. The predicted molar refractivity (Wildman–Crippen MR) is 70.1 cm³/mol. The molecule has 4 nitrogen and oxygen atoms in total. The minimum Gasteiger partial charge on any atom is -0.481 e. The quantitative estimate of drug-likeness (QED) is 0.869. The van der Waals surface area contributed by atoms with Crippen molar-refractivity contribution in [2.45, 2.75) is 38.1 Å². The molecule has 0 aliphatic heterocycles. The molecular formula is C15H17NO3. The molecule has 2 aliphatic carbocycles. The van der Waals surface area contributed by atoms with Gasteiger partial charge < -0.3 is 10.4 Å². The van der Waals surface area contributed by atoms with Crippen LogP contribution in [0.5, 0.6) is 0 Å². The van der Waals surface area contributed by atoms with Crippen molar-refractivity contribution < 1.29 is 14.7 Å². The third-order valence-corrected chi connectivity index (χ3v) is 4.21. The number of hydrogen-bond acceptors (Lipinski definition) is 2. The van der Waals surface area contributed by atoms with Crippen LogP contribution in [0.25, 0.3) is 0 Å². The molecule has 0 unspecified atom stereocenters. The van der Waals surface area contributed by atoms with Gasteiger partial charge in [0.05, 0.1) is 5.92 Å². The van der Waals surface area contributed by atoms with Gasteiger partial charge in [-0.05, 0) is 49.3 Å². The summed E-state index contributed by atoms with van der Waals surface area (Å²) in [5.74, 6) is -1.09. The van der Waals surface area contributed by atoms with Gasteiger partial charge in [-0.25, -0.2) is 0 Å². The second-order valence-electron chi connectivity index (χ2n) is 5.47. The molecule has 3 rings (SSSR count). The fraction of sp³-hybridized carbons (Fsp3) is 0.467. The Kier molecular flexibility index (Phi) is 3.01. The van der Waals surface area contributed by atoms with Crippen LogP contribution in [0.1, 0.15) is 40.7 Å². The number of rotatable bonds is 3. The van der Waals surface area contributed by atoms with Gasteiger partial charge in [-0.1, -0.05) is 12.1 Å². The van der Waals surface area contributed by atoms with Crippen molar-refractivity contribution in [1.82, 2.24) is 5.32 Å². The first-order valence-corrected chi connectivity index (χ1v) is 6.79. The van der Waals surface area contributed by atoms with Crippen LogP contribution in [0.15, 0.2) is 18.2 Å². The summed E-state index contributed by atoms with van der Waals surface area (Å²) in [7, 11) is 0. The number of aryl methyl sites for hydroxylation is 1. The molecule has 100 valence electrons. The van der Waals surface area contributed by atoms with E-state index < -0.39 is 5.97 Å². The van der Waals surface area contributed by atoms with Crippen LogP contribution in [0, 0.1) is 5.92 Å². The van der Waals surface area contributed by atoms with Crippen LogP contribution in [0.2, 0.25) is 0 Å². The van der Waals surface area contributed by atoms with Gasteiger partial charge in [0.25, 0.3) is 5.91 Å². The van der Waals surface area contributed by atoms with Crippen molar-refractivity contribution in [3.8, 4) is 0 Å². The molecule has 2 N–H and O–H groups in total. The molecule has 19 heavy (non-hydrogen) atoms. The Morgan fingerprint density at radius 1 is 1.21 bits per heavy atom. The number of nitrogens with one attached hydrogen (secondary N) is 1. The first-order valence-electron chi connectivity index (χ1n) is 6.79. The summed E-state index contributed by atoms with van der Waals surface area (Å²) in [4.78, 5) is 22.9. The zero-order valence-corrected chi connectivity index (χ0v) is 10.7. The van der Waals surface area contributed by atoms with Crippen molar-refractivity contribution in [1.29, 1.82) is 0 Å². The molecule has 0 bridgehead atoms. The van der Waals surface area contributed by atoms with Crippen LogP contribution < -0.4 is 5.32 Å². The first-order chi connectivity index (χ1) is 9.15. The smallest absolute Gasteiger partial charge is 0.306 e. The lowest BCUT2D eigenvalue weighted by atomic mass is 9.80. The lowest BCUT2D eigenvalue weighted by Gasteiger charge is -2.33. The number of aliphatic carboxylic acids is 1. The maximum absolute atomic E-state index is 12.2. The van der Waals surface area contributed by atoms with Gasteiger partial charge in [0.15, 0.2) is 0 Å². The van der Waals surface area contributed by atoms with Gasteiger partial charge >= 0.3 is 5.97 Å². The molecule has 1 aromatic rings. The highest BCUT2D eigenvalue weighted by molar-refractivity contribution is 5.96. The number of carboxylic acids is 1. The Hall–Kier alpha value is -1.84. The molecule has 1 fully saturated rings. The predicted octanol–water partition coefficient (Wildman–Crippen LogP) is 1.77. The highest BCUT2D eigenvalue weighted by Gasteiger charge is 2.35. The number of amides is 1. The molecule has 1 aromatic carbocycles. The minimum absolute atomic E-state index is 0.0193. The summed E-state index contributed by atoms with van der Waals surface area (Å²) in [6.45, 7) is 0. The van der Waals surface area contributed by atoms with E-state index in [-0.39, 0.29) is 17.9 Å². The highest BCUT2D eigenvalue weighted by atomic mass is 16.4. The second kappa shape index (κ2) is 4.68. The molecule has 1 saturated carbocycles. The summed E-state index contributed by atoms with van der Waals surface area (Å²) in [5.41, 5.74) is 3.23. The molecule has 0 atom stereocenters. The van der Waals surface area contributed by atoms with Crippen LogP contribution in [0.4, 0.5) is 0 Å². The average molecular weight is 259 g/mol. The van der Waals surface area contributed by atoms with E-state index in [1.54, 1.807) is 0 Å². The standard InChI is InChI=1S/C15H17NO3/c17-14(16-11-7-10(8-11)15(18)19)13-6-2-4-9-3-1-5-12(9)13/h2,4,6,10-11H,1,3,5,7-8H2,(H,16,17)(H,18,19).